The first-order valence-corrected chi connectivity index (χ1v) is 6.93. The van der Waals surface area contributed by atoms with Gasteiger partial charge < -0.3 is 15.8 Å². The molecule has 0 amide bonds. The van der Waals surface area contributed by atoms with Crippen molar-refractivity contribution in [1.29, 1.82) is 0 Å². The third kappa shape index (κ3) is 1.91. The number of piperidine rings is 1. The molecule has 1 spiro atoms. The lowest BCUT2D eigenvalue weighted by Crippen LogP contribution is -2.55. The fourth-order valence-electron chi connectivity index (χ4n) is 3.15. The number of ether oxygens (including phenoxy) is 1. The maximum absolute atomic E-state index is 6.32. The van der Waals surface area contributed by atoms with Crippen LogP contribution < -0.4 is 15.8 Å². The average Bonchev–Trinajstić information content (AvgIpc) is 2.34. The molecule has 1 fully saturated rings. The van der Waals surface area contributed by atoms with Gasteiger partial charge in [-0.3, -0.25) is 0 Å². The minimum absolute atomic E-state index is 0.0213. The second kappa shape index (κ2) is 4.41. The first-order valence-electron chi connectivity index (χ1n) is 6.55. The SMILES string of the molecule is CC1CNCCC12C[C@H](N)c1cc(Cl)ccc1O2. The van der Waals surface area contributed by atoms with Crippen LogP contribution >= 0.6 is 11.6 Å². The molecular weight excluding hydrogens is 248 g/mol. The van der Waals surface area contributed by atoms with E-state index in [0.29, 0.717) is 5.92 Å². The molecular formula is C14H19ClN2O. The molecule has 2 heterocycles. The lowest BCUT2D eigenvalue weighted by molar-refractivity contribution is -0.0335. The van der Waals surface area contributed by atoms with Crippen LogP contribution in [0.25, 0.3) is 0 Å². The van der Waals surface area contributed by atoms with Crippen molar-refractivity contribution >= 4 is 11.6 Å². The van der Waals surface area contributed by atoms with Gasteiger partial charge in [0.25, 0.3) is 0 Å². The van der Waals surface area contributed by atoms with Crippen molar-refractivity contribution in [3.05, 3.63) is 28.8 Å². The minimum Gasteiger partial charge on any atom is -0.486 e. The van der Waals surface area contributed by atoms with Gasteiger partial charge >= 0.3 is 0 Å². The molecule has 0 saturated carbocycles. The van der Waals surface area contributed by atoms with Gasteiger partial charge in [0.2, 0.25) is 0 Å². The van der Waals surface area contributed by atoms with Crippen LogP contribution in [0.15, 0.2) is 18.2 Å². The standard InChI is InChI=1S/C14H19ClN2O/c1-9-8-17-5-4-14(9)7-12(16)11-6-10(15)2-3-13(11)18-14/h2-3,6,9,12,17H,4-5,7-8,16H2,1H3/t9?,12-,14?/m0/s1. The van der Waals surface area contributed by atoms with Crippen molar-refractivity contribution in [2.45, 2.75) is 31.4 Å². The molecule has 18 heavy (non-hydrogen) atoms. The normalized spacial score (nSPS) is 35.1. The van der Waals surface area contributed by atoms with Gasteiger partial charge in [0.1, 0.15) is 11.4 Å². The summed E-state index contributed by atoms with van der Waals surface area (Å²) in [6.45, 7) is 4.23. The lowest BCUT2D eigenvalue weighted by Gasteiger charge is -2.47. The molecule has 4 heteroatoms. The van der Waals surface area contributed by atoms with Crippen molar-refractivity contribution in [3.8, 4) is 5.75 Å². The predicted octanol–water partition coefficient (Wildman–Crippen LogP) is 2.49. The van der Waals surface area contributed by atoms with Crippen LogP contribution in [0.4, 0.5) is 0 Å². The number of hydrogen-bond acceptors (Lipinski definition) is 3. The highest BCUT2D eigenvalue weighted by atomic mass is 35.5. The van der Waals surface area contributed by atoms with E-state index in [1.165, 1.54) is 0 Å². The van der Waals surface area contributed by atoms with Gasteiger partial charge in [-0.15, -0.1) is 0 Å². The Balaban J connectivity index is 1.98. The van der Waals surface area contributed by atoms with Crippen LogP contribution in [0.2, 0.25) is 5.02 Å². The maximum atomic E-state index is 6.32. The van der Waals surface area contributed by atoms with Crippen LogP contribution in [0.5, 0.6) is 5.75 Å². The number of hydrogen-bond donors (Lipinski definition) is 2. The summed E-state index contributed by atoms with van der Waals surface area (Å²) in [6, 6.07) is 5.78. The van der Waals surface area contributed by atoms with Gasteiger partial charge in [0, 0.05) is 35.5 Å². The summed E-state index contributed by atoms with van der Waals surface area (Å²) >= 11 is 6.03. The van der Waals surface area contributed by atoms with E-state index in [2.05, 4.69) is 12.2 Å². The quantitative estimate of drug-likeness (QED) is 0.759. The average molecular weight is 267 g/mol. The van der Waals surface area contributed by atoms with Crippen molar-refractivity contribution < 1.29 is 4.74 Å². The van der Waals surface area contributed by atoms with E-state index in [1.54, 1.807) is 0 Å². The highest BCUT2D eigenvalue weighted by molar-refractivity contribution is 6.30. The number of benzene rings is 1. The Morgan fingerprint density at radius 1 is 1.50 bits per heavy atom. The zero-order chi connectivity index (χ0) is 12.8. The van der Waals surface area contributed by atoms with Gasteiger partial charge in [-0.2, -0.15) is 0 Å². The largest absolute Gasteiger partial charge is 0.486 e. The van der Waals surface area contributed by atoms with E-state index in [4.69, 9.17) is 22.1 Å². The van der Waals surface area contributed by atoms with Gasteiger partial charge in [0.05, 0.1) is 0 Å². The molecule has 1 saturated heterocycles. The Labute approximate surface area is 113 Å². The third-order valence-corrected chi connectivity index (χ3v) is 4.56. The van der Waals surface area contributed by atoms with E-state index >= 15 is 0 Å². The van der Waals surface area contributed by atoms with Crippen molar-refractivity contribution in [2.75, 3.05) is 13.1 Å². The second-order valence-electron chi connectivity index (χ2n) is 5.51. The van der Waals surface area contributed by atoms with Crippen LogP contribution in [0.1, 0.15) is 31.4 Å². The monoisotopic (exact) mass is 266 g/mol. The fourth-order valence-corrected chi connectivity index (χ4v) is 3.33. The van der Waals surface area contributed by atoms with E-state index in [9.17, 15) is 0 Å². The second-order valence-corrected chi connectivity index (χ2v) is 5.95. The Hall–Kier alpha value is -0.770. The number of halogens is 1. The van der Waals surface area contributed by atoms with Gasteiger partial charge in [0.15, 0.2) is 0 Å². The van der Waals surface area contributed by atoms with Gasteiger partial charge in [-0.25, -0.2) is 0 Å². The molecule has 3 nitrogen and oxygen atoms in total. The van der Waals surface area contributed by atoms with Crippen LogP contribution in [-0.4, -0.2) is 18.7 Å². The number of nitrogens with two attached hydrogens (primary N) is 1. The first-order chi connectivity index (χ1) is 8.61. The summed E-state index contributed by atoms with van der Waals surface area (Å²) in [5.41, 5.74) is 7.26. The zero-order valence-corrected chi connectivity index (χ0v) is 11.3. The summed E-state index contributed by atoms with van der Waals surface area (Å²) in [6.07, 6.45) is 1.90. The zero-order valence-electron chi connectivity index (χ0n) is 10.6. The Bertz CT molecular complexity index is 465. The number of nitrogens with one attached hydrogen (secondary N) is 1. The molecule has 0 radical (unpaired) electrons. The van der Waals surface area contributed by atoms with Gasteiger partial charge in [-0.05, 0) is 31.2 Å². The number of rotatable bonds is 0. The Morgan fingerprint density at radius 3 is 3.11 bits per heavy atom. The summed E-state index contributed by atoms with van der Waals surface area (Å²) in [5, 5.41) is 4.14. The maximum Gasteiger partial charge on any atom is 0.125 e. The predicted molar refractivity (Wildman–Crippen MR) is 73.0 cm³/mol. The van der Waals surface area contributed by atoms with E-state index in [0.717, 1.165) is 42.3 Å². The smallest absolute Gasteiger partial charge is 0.125 e. The molecule has 2 aliphatic rings. The van der Waals surface area contributed by atoms with Crippen LogP contribution in [0.3, 0.4) is 0 Å². The topological polar surface area (TPSA) is 47.3 Å². The number of fused-ring (bicyclic) bond motifs is 1. The molecule has 2 unspecified atom stereocenters. The summed E-state index contributed by atoms with van der Waals surface area (Å²) < 4.78 is 6.32. The van der Waals surface area contributed by atoms with Crippen LogP contribution in [-0.2, 0) is 0 Å². The highest BCUT2D eigenvalue weighted by Gasteiger charge is 2.45. The summed E-state index contributed by atoms with van der Waals surface area (Å²) in [4.78, 5) is 0. The van der Waals surface area contributed by atoms with Crippen LogP contribution in [0, 0.1) is 5.92 Å². The minimum atomic E-state index is -0.106. The molecule has 98 valence electrons. The Morgan fingerprint density at radius 2 is 2.33 bits per heavy atom. The van der Waals surface area contributed by atoms with Gasteiger partial charge in [-0.1, -0.05) is 18.5 Å². The summed E-state index contributed by atoms with van der Waals surface area (Å²) in [7, 11) is 0. The molecule has 1 aromatic rings. The molecule has 2 aliphatic heterocycles. The Kier molecular flexibility index (Phi) is 3.00. The van der Waals surface area contributed by atoms with E-state index in [1.807, 2.05) is 18.2 Å². The molecule has 0 aromatic heterocycles. The van der Waals surface area contributed by atoms with Crippen molar-refractivity contribution in [1.82, 2.24) is 5.32 Å². The summed E-state index contributed by atoms with van der Waals surface area (Å²) in [5.74, 6) is 1.38. The van der Waals surface area contributed by atoms with E-state index in [-0.39, 0.29) is 11.6 Å². The van der Waals surface area contributed by atoms with Crippen molar-refractivity contribution in [2.24, 2.45) is 11.7 Å². The molecule has 0 aliphatic carbocycles. The molecule has 0 bridgehead atoms. The first kappa shape index (κ1) is 12.3. The highest BCUT2D eigenvalue weighted by Crippen LogP contribution is 2.45. The third-order valence-electron chi connectivity index (χ3n) is 4.32. The molecule has 1 aromatic carbocycles. The van der Waals surface area contributed by atoms with E-state index < -0.39 is 0 Å². The van der Waals surface area contributed by atoms with Crippen molar-refractivity contribution in [3.63, 3.8) is 0 Å². The molecule has 3 rings (SSSR count). The molecule has 3 N–H and O–H groups in total. The molecule has 3 atom stereocenters. The fraction of sp³-hybridized carbons (Fsp3) is 0.571. The lowest BCUT2D eigenvalue weighted by atomic mass is 9.75.